The average Bonchev–Trinajstić information content (AvgIpc) is 2.46. The molecular weight excluding hydrogens is 357 g/mol. The van der Waals surface area contributed by atoms with Gasteiger partial charge in [0.05, 0.1) is 7.11 Å². The molecule has 21 heavy (non-hydrogen) atoms. The summed E-state index contributed by atoms with van der Waals surface area (Å²) < 4.78 is 20.2. The number of ether oxygens (including phenoxy) is 1. The number of methoxy groups -OCH3 is 1. The second-order valence-electron chi connectivity index (χ2n) is 4.64. The van der Waals surface area contributed by atoms with Crippen LogP contribution in [0.4, 0.5) is 4.39 Å². The average molecular weight is 373 g/mol. The molecule has 0 saturated carbocycles. The second-order valence-corrected chi connectivity index (χ2v) is 5.93. The molecule has 2 nitrogen and oxygen atoms in total. The fraction of sp³-hybridized carbons (Fsp3) is 0.250. The van der Waals surface area contributed by atoms with E-state index >= 15 is 0 Å². The maximum absolute atomic E-state index is 14.1. The Morgan fingerprint density at radius 3 is 2.71 bits per heavy atom. The Morgan fingerprint density at radius 1 is 1.33 bits per heavy atom. The molecule has 1 atom stereocenters. The number of likely N-dealkylation sites (N-methyl/N-ethyl adjacent to an activating group) is 1. The molecule has 0 bridgehead atoms. The van der Waals surface area contributed by atoms with E-state index in [1.54, 1.807) is 26.3 Å². The van der Waals surface area contributed by atoms with Crippen LogP contribution >= 0.6 is 27.5 Å². The lowest BCUT2D eigenvalue weighted by atomic mass is 9.98. The summed E-state index contributed by atoms with van der Waals surface area (Å²) in [5.41, 5.74) is 1.53. The largest absolute Gasteiger partial charge is 0.496 e. The van der Waals surface area contributed by atoms with Gasteiger partial charge in [-0.05, 0) is 49.4 Å². The van der Waals surface area contributed by atoms with Crippen molar-refractivity contribution in [2.75, 3.05) is 14.2 Å². The van der Waals surface area contributed by atoms with Gasteiger partial charge in [-0.3, -0.25) is 0 Å². The highest BCUT2D eigenvalue weighted by molar-refractivity contribution is 9.10. The number of nitrogens with one attached hydrogen (secondary N) is 1. The van der Waals surface area contributed by atoms with Crippen LogP contribution in [-0.4, -0.2) is 14.2 Å². The molecule has 2 aromatic rings. The number of halogens is 3. The molecule has 0 aliphatic rings. The molecule has 0 fully saturated rings. The minimum atomic E-state index is -0.246. The summed E-state index contributed by atoms with van der Waals surface area (Å²) in [6.07, 6.45) is 0.569. The second kappa shape index (κ2) is 7.25. The molecule has 0 heterocycles. The van der Waals surface area contributed by atoms with Crippen molar-refractivity contribution >= 4 is 27.5 Å². The van der Waals surface area contributed by atoms with Crippen molar-refractivity contribution in [3.63, 3.8) is 0 Å². The molecule has 5 heteroatoms. The monoisotopic (exact) mass is 371 g/mol. The SMILES string of the molecule is CNC(Cc1cc(Cl)ccc1OC)c1c(F)cccc1Br. The first-order chi connectivity index (χ1) is 10.1. The number of rotatable bonds is 5. The summed E-state index contributed by atoms with van der Waals surface area (Å²) in [7, 11) is 3.42. The summed E-state index contributed by atoms with van der Waals surface area (Å²) in [6.45, 7) is 0. The van der Waals surface area contributed by atoms with Crippen LogP contribution in [0.15, 0.2) is 40.9 Å². The van der Waals surface area contributed by atoms with Crippen molar-refractivity contribution in [2.24, 2.45) is 0 Å². The van der Waals surface area contributed by atoms with E-state index in [0.29, 0.717) is 17.0 Å². The van der Waals surface area contributed by atoms with E-state index in [1.165, 1.54) is 6.07 Å². The Kier molecular flexibility index (Phi) is 5.62. The first-order valence-electron chi connectivity index (χ1n) is 6.50. The van der Waals surface area contributed by atoms with Crippen molar-refractivity contribution in [3.8, 4) is 5.75 Å². The molecule has 0 amide bonds. The zero-order chi connectivity index (χ0) is 15.4. The van der Waals surface area contributed by atoms with Crippen LogP contribution in [0.5, 0.6) is 5.75 Å². The maximum atomic E-state index is 14.1. The molecule has 0 aliphatic carbocycles. The Balaban J connectivity index is 2.38. The van der Waals surface area contributed by atoms with Crippen LogP contribution in [0.25, 0.3) is 0 Å². The van der Waals surface area contributed by atoms with Gasteiger partial charge in [-0.15, -0.1) is 0 Å². The van der Waals surface area contributed by atoms with Crippen LogP contribution in [0.2, 0.25) is 5.02 Å². The first kappa shape index (κ1) is 16.3. The maximum Gasteiger partial charge on any atom is 0.129 e. The predicted octanol–water partition coefficient (Wildman–Crippen LogP) is 4.75. The van der Waals surface area contributed by atoms with E-state index < -0.39 is 0 Å². The summed E-state index contributed by atoms with van der Waals surface area (Å²) in [5, 5.41) is 3.78. The Bertz CT molecular complexity index is 615. The van der Waals surface area contributed by atoms with Crippen molar-refractivity contribution in [1.29, 1.82) is 0 Å². The Hall–Kier alpha value is -1.10. The van der Waals surface area contributed by atoms with Gasteiger partial charge >= 0.3 is 0 Å². The summed E-state index contributed by atoms with van der Waals surface area (Å²) in [5.74, 6) is 0.497. The van der Waals surface area contributed by atoms with Gasteiger partial charge in [0, 0.05) is 21.1 Å². The first-order valence-corrected chi connectivity index (χ1v) is 7.67. The molecule has 0 aromatic heterocycles. The standard InChI is InChI=1S/C16H16BrClFNO/c1-20-14(16-12(17)4-3-5-13(16)19)9-10-8-11(18)6-7-15(10)21-2/h3-8,14,20H,9H2,1-2H3. The predicted molar refractivity (Wildman–Crippen MR) is 87.6 cm³/mol. The van der Waals surface area contributed by atoms with Gasteiger partial charge in [-0.25, -0.2) is 4.39 Å². The lowest BCUT2D eigenvalue weighted by molar-refractivity contribution is 0.406. The van der Waals surface area contributed by atoms with Crippen LogP contribution < -0.4 is 10.1 Å². The highest BCUT2D eigenvalue weighted by atomic mass is 79.9. The van der Waals surface area contributed by atoms with E-state index in [-0.39, 0.29) is 11.9 Å². The number of hydrogen-bond acceptors (Lipinski definition) is 2. The summed E-state index contributed by atoms with van der Waals surface area (Å²) in [6, 6.07) is 10.2. The van der Waals surface area contributed by atoms with E-state index in [4.69, 9.17) is 16.3 Å². The summed E-state index contributed by atoms with van der Waals surface area (Å²) >= 11 is 9.46. The van der Waals surface area contributed by atoms with Crippen molar-refractivity contribution in [3.05, 3.63) is 62.8 Å². The van der Waals surface area contributed by atoms with Gasteiger partial charge in [0.1, 0.15) is 11.6 Å². The van der Waals surface area contributed by atoms with E-state index in [0.717, 1.165) is 15.8 Å². The van der Waals surface area contributed by atoms with Gasteiger partial charge in [0.2, 0.25) is 0 Å². The highest BCUT2D eigenvalue weighted by Crippen LogP contribution is 2.32. The zero-order valence-corrected chi connectivity index (χ0v) is 14.1. The summed E-state index contributed by atoms with van der Waals surface area (Å²) in [4.78, 5) is 0. The molecule has 2 aromatic carbocycles. The number of hydrogen-bond donors (Lipinski definition) is 1. The topological polar surface area (TPSA) is 21.3 Å². The van der Waals surface area contributed by atoms with Crippen LogP contribution in [0.1, 0.15) is 17.2 Å². The smallest absolute Gasteiger partial charge is 0.129 e. The molecule has 1 N–H and O–H groups in total. The lowest BCUT2D eigenvalue weighted by Crippen LogP contribution is -2.21. The molecular formula is C16H16BrClFNO. The normalized spacial score (nSPS) is 12.2. The third-order valence-electron chi connectivity index (χ3n) is 3.36. The third-order valence-corrected chi connectivity index (χ3v) is 4.29. The van der Waals surface area contributed by atoms with Gasteiger partial charge in [-0.1, -0.05) is 33.6 Å². The lowest BCUT2D eigenvalue weighted by Gasteiger charge is -2.20. The highest BCUT2D eigenvalue weighted by Gasteiger charge is 2.19. The van der Waals surface area contributed by atoms with Gasteiger partial charge in [-0.2, -0.15) is 0 Å². The van der Waals surface area contributed by atoms with Crippen LogP contribution in [0, 0.1) is 5.82 Å². The molecule has 0 aliphatic heterocycles. The van der Waals surface area contributed by atoms with Crippen molar-refractivity contribution in [1.82, 2.24) is 5.32 Å². The van der Waals surface area contributed by atoms with Gasteiger partial charge in [0.15, 0.2) is 0 Å². The fourth-order valence-corrected chi connectivity index (χ4v) is 3.13. The molecule has 2 rings (SSSR count). The molecule has 0 saturated heterocycles. The van der Waals surface area contributed by atoms with Crippen molar-refractivity contribution < 1.29 is 9.13 Å². The Labute approximate surface area is 137 Å². The minimum Gasteiger partial charge on any atom is -0.496 e. The number of benzene rings is 2. The van der Waals surface area contributed by atoms with E-state index in [1.807, 2.05) is 18.2 Å². The van der Waals surface area contributed by atoms with E-state index in [9.17, 15) is 4.39 Å². The van der Waals surface area contributed by atoms with Gasteiger partial charge in [0.25, 0.3) is 0 Å². The fourth-order valence-electron chi connectivity index (χ4n) is 2.32. The third kappa shape index (κ3) is 3.76. The quantitative estimate of drug-likeness (QED) is 0.817. The van der Waals surface area contributed by atoms with Crippen molar-refractivity contribution in [2.45, 2.75) is 12.5 Å². The molecule has 0 spiro atoms. The van der Waals surface area contributed by atoms with E-state index in [2.05, 4.69) is 21.2 Å². The molecule has 0 radical (unpaired) electrons. The molecule has 1 unspecified atom stereocenters. The zero-order valence-electron chi connectivity index (χ0n) is 11.8. The van der Waals surface area contributed by atoms with Gasteiger partial charge < -0.3 is 10.1 Å². The van der Waals surface area contributed by atoms with Crippen LogP contribution in [-0.2, 0) is 6.42 Å². The molecule has 112 valence electrons. The Morgan fingerprint density at radius 2 is 2.10 bits per heavy atom. The minimum absolute atomic E-state index is 0.187. The van der Waals surface area contributed by atoms with Crippen LogP contribution in [0.3, 0.4) is 0 Å².